The third-order valence-corrected chi connectivity index (χ3v) is 4.23. The van der Waals surface area contributed by atoms with Gasteiger partial charge in [-0.3, -0.25) is 0 Å². The summed E-state index contributed by atoms with van der Waals surface area (Å²) in [6.07, 6.45) is 0. The number of benzene rings is 2. The lowest BCUT2D eigenvalue weighted by Crippen LogP contribution is -2.39. The van der Waals surface area contributed by atoms with Crippen LogP contribution in [0.2, 0.25) is 0 Å². The SMILES string of the molecule is CCOC(=O)c1cccc(NC(=S)N[C@H](C)COc2ccccc2OC)c1C. The highest BCUT2D eigenvalue weighted by Gasteiger charge is 2.14. The zero-order valence-electron chi connectivity index (χ0n) is 16.6. The van der Waals surface area contributed by atoms with Crippen LogP contribution in [0.4, 0.5) is 5.69 Å². The van der Waals surface area contributed by atoms with Crippen LogP contribution in [0.1, 0.15) is 29.8 Å². The van der Waals surface area contributed by atoms with E-state index in [2.05, 4.69) is 10.6 Å². The van der Waals surface area contributed by atoms with Gasteiger partial charge in [0.15, 0.2) is 16.6 Å². The highest BCUT2D eigenvalue weighted by atomic mass is 32.1. The number of para-hydroxylation sites is 2. The molecule has 0 heterocycles. The molecule has 1 atom stereocenters. The minimum atomic E-state index is -0.346. The molecule has 2 aromatic carbocycles. The molecule has 0 amide bonds. The molecule has 150 valence electrons. The number of nitrogens with one attached hydrogen (secondary N) is 2. The van der Waals surface area contributed by atoms with E-state index >= 15 is 0 Å². The first-order chi connectivity index (χ1) is 13.5. The zero-order valence-corrected chi connectivity index (χ0v) is 17.4. The van der Waals surface area contributed by atoms with E-state index in [0.29, 0.717) is 35.4 Å². The van der Waals surface area contributed by atoms with Crippen molar-refractivity contribution < 1.29 is 19.0 Å². The van der Waals surface area contributed by atoms with E-state index in [4.69, 9.17) is 26.4 Å². The third-order valence-electron chi connectivity index (χ3n) is 4.01. The first-order valence-electron chi connectivity index (χ1n) is 9.06. The number of carbonyl (C=O) groups excluding carboxylic acids is 1. The number of hydrogen-bond acceptors (Lipinski definition) is 5. The van der Waals surface area contributed by atoms with Crippen LogP contribution in [0.3, 0.4) is 0 Å². The van der Waals surface area contributed by atoms with E-state index < -0.39 is 0 Å². The maximum atomic E-state index is 12.0. The van der Waals surface area contributed by atoms with E-state index in [1.54, 1.807) is 26.2 Å². The lowest BCUT2D eigenvalue weighted by atomic mass is 10.1. The lowest BCUT2D eigenvalue weighted by Gasteiger charge is -2.19. The van der Waals surface area contributed by atoms with Crippen LogP contribution < -0.4 is 20.1 Å². The van der Waals surface area contributed by atoms with Crippen molar-refractivity contribution in [3.05, 3.63) is 53.6 Å². The van der Waals surface area contributed by atoms with E-state index in [9.17, 15) is 4.79 Å². The van der Waals surface area contributed by atoms with Crippen LogP contribution in [0, 0.1) is 6.92 Å². The van der Waals surface area contributed by atoms with Crippen LogP contribution in [0.25, 0.3) is 0 Å². The second kappa shape index (κ2) is 10.5. The summed E-state index contributed by atoms with van der Waals surface area (Å²) < 4.78 is 16.2. The number of carbonyl (C=O) groups is 1. The summed E-state index contributed by atoms with van der Waals surface area (Å²) in [4.78, 5) is 12.0. The Kier molecular flexibility index (Phi) is 8.07. The fraction of sp³-hybridized carbons (Fsp3) is 0.333. The van der Waals surface area contributed by atoms with Crippen molar-refractivity contribution in [2.45, 2.75) is 26.8 Å². The largest absolute Gasteiger partial charge is 0.493 e. The number of anilines is 1. The van der Waals surface area contributed by atoms with Crippen molar-refractivity contribution in [2.24, 2.45) is 0 Å². The van der Waals surface area contributed by atoms with Crippen molar-refractivity contribution in [3.63, 3.8) is 0 Å². The van der Waals surface area contributed by atoms with Crippen LogP contribution in [-0.2, 0) is 4.74 Å². The van der Waals surface area contributed by atoms with Gasteiger partial charge in [-0.2, -0.15) is 0 Å². The summed E-state index contributed by atoms with van der Waals surface area (Å²) in [5, 5.41) is 6.75. The highest BCUT2D eigenvalue weighted by Crippen LogP contribution is 2.25. The second-order valence-corrected chi connectivity index (χ2v) is 6.57. The molecule has 0 bridgehead atoms. The molecule has 0 unspecified atom stereocenters. The number of hydrogen-bond donors (Lipinski definition) is 2. The van der Waals surface area contributed by atoms with Crippen molar-refractivity contribution in [2.75, 3.05) is 25.6 Å². The topological polar surface area (TPSA) is 68.8 Å². The molecule has 7 heteroatoms. The monoisotopic (exact) mass is 402 g/mol. The van der Waals surface area contributed by atoms with Gasteiger partial charge in [0.05, 0.1) is 25.3 Å². The van der Waals surface area contributed by atoms with Gasteiger partial charge in [0.1, 0.15) is 6.61 Å². The Labute approximate surface area is 171 Å². The Morgan fingerprint density at radius 2 is 1.86 bits per heavy atom. The molecule has 0 spiro atoms. The van der Waals surface area contributed by atoms with Gasteiger partial charge in [0.2, 0.25) is 0 Å². The summed E-state index contributed by atoms with van der Waals surface area (Å²) >= 11 is 5.39. The van der Waals surface area contributed by atoms with Crippen LogP contribution in [0.5, 0.6) is 11.5 Å². The van der Waals surface area contributed by atoms with Crippen LogP contribution in [-0.4, -0.2) is 37.4 Å². The fourth-order valence-electron chi connectivity index (χ4n) is 2.58. The molecule has 2 rings (SSSR count). The Bertz CT molecular complexity index is 826. The van der Waals surface area contributed by atoms with E-state index in [1.807, 2.05) is 44.2 Å². The molecule has 0 aromatic heterocycles. The van der Waals surface area contributed by atoms with Gasteiger partial charge in [-0.15, -0.1) is 0 Å². The molecule has 0 aliphatic rings. The van der Waals surface area contributed by atoms with Gasteiger partial charge in [0, 0.05) is 5.69 Å². The van der Waals surface area contributed by atoms with Crippen molar-refractivity contribution in [1.82, 2.24) is 5.32 Å². The second-order valence-electron chi connectivity index (χ2n) is 6.16. The average molecular weight is 403 g/mol. The molecule has 0 fully saturated rings. The number of rotatable bonds is 8. The summed E-state index contributed by atoms with van der Waals surface area (Å²) in [5.41, 5.74) is 2.05. The van der Waals surface area contributed by atoms with E-state index in [0.717, 1.165) is 11.3 Å². The molecule has 0 saturated heterocycles. The van der Waals surface area contributed by atoms with Crippen molar-refractivity contribution in [3.8, 4) is 11.5 Å². The standard InChI is InChI=1S/C21H26N2O4S/c1-5-26-20(24)16-9-8-10-17(15(16)3)23-21(28)22-14(2)13-27-19-12-7-6-11-18(19)25-4/h6-12,14H,5,13H2,1-4H3,(H2,22,23,28)/t14-/m1/s1. The summed E-state index contributed by atoms with van der Waals surface area (Å²) in [7, 11) is 1.61. The van der Waals surface area contributed by atoms with E-state index in [1.165, 1.54) is 0 Å². The first kappa shape index (κ1) is 21.5. The summed E-state index contributed by atoms with van der Waals surface area (Å²) in [6, 6.07) is 12.8. The summed E-state index contributed by atoms with van der Waals surface area (Å²) in [5.74, 6) is 1.01. The maximum absolute atomic E-state index is 12.0. The van der Waals surface area contributed by atoms with Gasteiger partial charge >= 0.3 is 5.97 Å². The average Bonchev–Trinajstić information content (AvgIpc) is 2.68. The Hall–Kier alpha value is -2.80. The van der Waals surface area contributed by atoms with Gasteiger partial charge in [0.25, 0.3) is 0 Å². The quantitative estimate of drug-likeness (QED) is 0.512. The highest BCUT2D eigenvalue weighted by molar-refractivity contribution is 7.80. The first-order valence-corrected chi connectivity index (χ1v) is 9.47. The smallest absolute Gasteiger partial charge is 0.338 e. The van der Waals surface area contributed by atoms with Gasteiger partial charge in [-0.05, 0) is 62.8 Å². The normalized spacial score (nSPS) is 11.3. The predicted octanol–water partition coefficient (Wildman–Crippen LogP) is 3.93. The zero-order chi connectivity index (χ0) is 20.5. The molecule has 0 saturated carbocycles. The number of thiocarbonyl (C=S) groups is 1. The molecular weight excluding hydrogens is 376 g/mol. The number of methoxy groups -OCH3 is 1. The number of ether oxygens (including phenoxy) is 3. The van der Waals surface area contributed by atoms with Gasteiger partial charge in [-0.1, -0.05) is 18.2 Å². The molecular formula is C21H26N2O4S. The molecule has 2 N–H and O–H groups in total. The number of esters is 1. The lowest BCUT2D eigenvalue weighted by molar-refractivity contribution is 0.0525. The predicted molar refractivity (Wildman–Crippen MR) is 114 cm³/mol. The summed E-state index contributed by atoms with van der Waals surface area (Å²) in [6.45, 7) is 6.34. The molecule has 0 radical (unpaired) electrons. The Morgan fingerprint density at radius 1 is 1.14 bits per heavy atom. The van der Waals surface area contributed by atoms with Crippen LogP contribution in [0.15, 0.2) is 42.5 Å². The van der Waals surface area contributed by atoms with E-state index in [-0.39, 0.29) is 12.0 Å². The molecule has 0 aliphatic carbocycles. The van der Waals surface area contributed by atoms with Gasteiger partial charge in [-0.25, -0.2) is 4.79 Å². The Balaban J connectivity index is 1.93. The molecule has 28 heavy (non-hydrogen) atoms. The third kappa shape index (κ3) is 5.85. The fourth-order valence-corrected chi connectivity index (χ4v) is 2.89. The molecule has 6 nitrogen and oxygen atoms in total. The van der Waals surface area contributed by atoms with Crippen molar-refractivity contribution in [1.29, 1.82) is 0 Å². The minimum Gasteiger partial charge on any atom is -0.493 e. The molecule has 2 aromatic rings. The molecule has 0 aliphatic heterocycles. The Morgan fingerprint density at radius 3 is 2.54 bits per heavy atom. The minimum absolute atomic E-state index is 0.0431. The van der Waals surface area contributed by atoms with Crippen LogP contribution >= 0.6 is 12.2 Å². The van der Waals surface area contributed by atoms with Crippen molar-refractivity contribution >= 4 is 29.0 Å². The maximum Gasteiger partial charge on any atom is 0.338 e. The van der Waals surface area contributed by atoms with Gasteiger partial charge < -0.3 is 24.8 Å².